The smallest absolute Gasteiger partial charge is 0.339 e. The molecule has 0 aliphatic heterocycles. The van der Waals surface area contributed by atoms with E-state index in [1.807, 2.05) is 20.8 Å². The average Bonchev–Trinajstić information content (AvgIpc) is 3.26. The Morgan fingerprint density at radius 3 is 2.41 bits per heavy atom. The Bertz CT molecular complexity index is 1400. The Hall–Kier alpha value is -2.97. The maximum atomic E-state index is 13.1. The van der Waals surface area contributed by atoms with E-state index in [4.69, 9.17) is 9.15 Å². The Kier molecular flexibility index (Phi) is 6.64. The molecular formula is C26H29NO6S. The number of aryl methyl sites for hydroxylation is 3. The monoisotopic (exact) mass is 483 g/mol. The van der Waals surface area contributed by atoms with Crippen LogP contribution in [0.2, 0.25) is 0 Å². The number of fused-ring (bicyclic) bond motifs is 3. The van der Waals surface area contributed by atoms with Crippen LogP contribution in [0, 0.1) is 19.8 Å². The maximum absolute atomic E-state index is 13.1. The van der Waals surface area contributed by atoms with Crippen molar-refractivity contribution >= 4 is 27.0 Å². The van der Waals surface area contributed by atoms with E-state index < -0.39 is 22.0 Å². The number of esters is 1. The number of carbonyl (C=O) groups is 1. The molecule has 1 unspecified atom stereocenters. The summed E-state index contributed by atoms with van der Waals surface area (Å²) in [6, 6.07) is 8.81. The zero-order valence-corrected chi connectivity index (χ0v) is 20.6. The van der Waals surface area contributed by atoms with Crippen LogP contribution in [0.15, 0.2) is 50.5 Å². The van der Waals surface area contributed by atoms with Crippen molar-refractivity contribution in [3.63, 3.8) is 0 Å². The van der Waals surface area contributed by atoms with Gasteiger partial charge in [0, 0.05) is 16.5 Å². The number of benzene rings is 2. The summed E-state index contributed by atoms with van der Waals surface area (Å²) in [5, 5.41) is 0.850. The Morgan fingerprint density at radius 2 is 1.74 bits per heavy atom. The molecule has 1 N–H and O–H groups in total. The van der Waals surface area contributed by atoms with Crippen molar-refractivity contribution in [1.82, 2.24) is 4.72 Å². The summed E-state index contributed by atoms with van der Waals surface area (Å²) in [4.78, 5) is 25.6. The van der Waals surface area contributed by atoms with E-state index in [9.17, 15) is 18.0 Å². The standard InChI is InChI=1S/C26H29NO6S/c1-15(2)14-22(27-34(30,31)18-10-8-16(3)9-11-18)26(29)32-23-13-12-20-19-6-5-7-21(19)25(28)33-24(20)17(23)4/h8-13,15,22,27H,5-7,14H2,1-4H3. The highest BCUT2D eigenvalue weighted by Crippen LogP contribution is 2.33. The lowest BCUT2D eigenvalue weighted by atomic mass is 10.0. The predicted molar refractivity (Wildman–Crippen MR) is 130 cm³/mol. The van der Waals surface area contributed by atoms with Gasteiger partial charge in [-0.1, -0.05) is 31.5 Å². The van der Waals surface area contributed by atoms with E-state index in [1.165, 1.54) is 12.1 Å². The van der Waals surface area contributed by atoms with Gasteiger partial charge in [0.2, 0.25) is 10.0 Å². The lowest BCUT2D eigenvalue weighted by Crippen LogP contribution is -2.43. The molecule has 0 saturated heterocycles. The molecule has 1 aromatic heterocycles. The van der Waals surface area contributed by atoms with Crippen molar-refractivity contribution in [2.24, 2.45) is 5.92 Å². The molecule has 8 heteroatoms. The van der Waals surface area contributed by atoms with Gasteiger partial charge in [0.25, 0.3) is 0 Å². The normalized spacial score (nSPS) is 14.4. The van der Waals surface area contributed by atoms with Gasteiger partial charge >= 0.3 is 11.6 Å². The number of rotatable bonds is 7. The van der Waals surface area contributed by atoms with Gasteiger partial charge in [0.1, 0.15) is 17.4 Å². The summed E-state index contributed by atoms with van der Waals surface area (Å²) >= 11 is 0. The van der Waals surface area contributed by atoms with E-state index in [0.29, 0.717) is 17.6 Å². The van der Waals surface area contributed by atoms with E-state index >= 15 is 0 Å². The topological polar surface area (TPSA) is 103 Å². The number of hydrogen-bond donors (Lipinski definition) is 1. The van der Waals surface area contributed by atoms with Crippen LogP contribution in [0.25, 0.3) is 11.0 Å². The van der Waals surface area contributed by atoms with Crippen LogP contribution in [0.3, 0.4) is 0 Å². The Balaban J connectivity index is 1.63. The van der Waals surface area contributed by atoms with Gasteiger partial charge in [-0.2, -0.15) is 4.72 Å². The predicted octanol–water partition coefficient (Wildman–Crippen LogP) is 4.20. The molecule has 180 valence electrons. The van der Waals surface area contributed by atoms with Crippen LogP contribution in [0.5, 0.6) is 5.75 Å². The second kappa shape index (κ2) is 9.35. The molecule has 1 aliphatic rings. The maximum Gasteiger partial charge on any atom is 0.339 e. The van der Waals surface area contributed by atoms with Crippen LogP contribution in [0.4, 0.5) is 0 Å². The quantitative estimate of drug-likeness (QED) is 0.307. The summed E-state index contributed by atoms with van der Waals surface area (Å²) in [7, 11) is -3.93. The van der Waals surface area contributed by atoms with Gasteiger partial charge in [-0.05, 0) is 75.3 Å². The third kappa shape index (κ3) is 4.79. The number of carbonyl (C=O) groups excluding carboxylic acids is 1. The highest BCUT2D eigenvalue weighted by Gasteiger charge is 2.29. The molecule has 1 aliphatic carbocycles. The van der Waals surface area contributed by atoms with E-state index in [-0.39, 0.29) is 28.6 Å². The van der Waals surface area contributed by atoms with E-state index in [2.05, 4.69) is 4.72 Å². The summed E-state index contributed by atoms with van der Waals surface area (Å²) < 4.78 is 39.5. The third-order valence-electron chi connectivity index (χ3n) is 6.17. The lowest BCUT2D eigenvalue weighted by Gasteiger charge is -2.20. The second-order valence-electron chi connectivity index (χ2n) is 9.30. The number of nitrogens with one attached hydrogen (secondary N) is 1. The minimum atomic E-state index is -3.93. The van der Waals surface area contributed by atoms with Crippen LogP contribution in [-0.2, 0) is 27.7 Å². The van der Waals surface area contributed by atoms with Crippen LogP contribution in [-0.4, -0.2) is 20.4 Å². The first-order valence-electron chi connectivity index (χ1n) is 11.5. The number of sulfonamides is 1. The minimum Gasteiger partial charge on any atom is -0.425 e. The first-order valence-corrected chi connectivity index (χ1v) is 12.9. The molecule has 1 heterocycles. The lowest BCUT2D eigenvalue weighted by molar-refractivity contribution is -0.136. The van der Waals surface area contributed by atoms with Crippen molar-refractivity contribution < 1.29 is 22.4 Å². The fourth-order valence-corrected chi connectivity index (χ4v) is 5.59. The van der Waals surface area contributed by atoms with Crippen molar-refractivity contribution in [1.29, 1.82) is 0 Å². The zero-order chi connectivity index (χ0) is 24.6. The molecule has 0 spiro atoms. The number of ether oxygens (including phenoxy) is 1. The summed E-state index contributed by atoms with van der Waals surface area (Å²) in [6.07, 6.45) is 2.70. The van der Waals surface area contributed by atoms with Gasteiger partial charge < -0.3 is 9.15 Å². The van der Waals surface area contributed by atoms with Crippen LogP contribution in [0.1, 0.15) is 48.9 Å². The van der Waals surface area contributed by atoms with Crippen LogP contribution >= 0.6 is 0 Å². The van der Waals surface area contributed by atoms with Crippen molar-refractivity contribution in [3.8, 4) is 5.75 Å². The van der Waals surface area contributed by atoms with Gasteiger partial charge in [-0.25, -0.2) is 18.0 Å². The molecule has 2 aromatic carbocycles. The fourth-order valence-electron chi connectivity index (χ4n) is 4.39. The van der Waals surface area contributed by atoms with Crippen molar-refractivity contribution in [2.45, 2.75) is 64.3 Å². The molecule has 3 aromatic rings. The van der Waals surface area contributed by atoms with E-state index in [1.54, 1.807) is 31.2 Å². The molecular weight excluding hydrogens is 454 g/mol. The summed E-state index contributed by atoms with van der Waals surface area (Å²) in [6.45, 7) is 7.39. The van der Waals surface area contributed by atoms with Gasteiger partial charge in [0.15, 0.2) is 0 Å². The molecule has 0 amide bonds. The third-order valence-corrected chi connectivity index (χ3v) is 7.66. The molecule has 1 atom stereocenters. The first-order chi connectivity index (χ1) is 16.1. The molecule has 0 bridgehead atoms. The zero-order valence-electron chi connectivity index (χ0n) is 19.8. The summed E-state index contributed by atoms with van der Waals surface area (Å²) in [5.41, 5.74) is 3.23. The first kappa shape index (κ1) is 24.2. The Labute approximate surface area is 199 Å². The second-order valence-corrected chi connectivity index (χ2v) is 11.0. The largest absolute Gasteiger partial charge is 0.425 e. The SMILES string of the molecule is Cc1ccc(S(=O)(=O)NC(CC(C)C)C(=O)Oc2ccc3c4c(c(=O)oc3c2C)CCC4)cc1. The molecule has 0 saturated carbocycles. The molecule has 34 heavy (non-hydrogen) atoms. The van der Waals surface area contributed by atoms with Gasteiger partial charge in [-0.3, -0.25) is 0 Å². The highest BCUT2D eigenvalue weighted by atomic mass is 32.2. The average molecular weight is 484 g/mol. The number of hydrogen-bond acceptors (Lipinski definition) is 6. The van der Waals surface area contributed by atoms with Crippen molar-refractivity contribution in [2.75, 3.05) is 0 Å². The summed E-state index contributed by atoms with van der Waals surface area (Å²) in [5.74, 6) is -0.436. The Morgan fingerprint density at radius 1 is 1.06 bits per heavy atom. The van der Waals surface area contributed by atoms with E-state index in [0.717, 1.165) is 34.9 Å². The highest BCUT2D eigenvalue weighted by molar-refractivity contribution is 7.89. The van der Waals surface area contributed by atoms with Gasteiger partial charge in [0.05, 0.1) is 4.90 Å². The van der Waals surface area contributed by atoms with Crippen LogP contribution < -0.4 is 15.1 Å². The minimum absolute atomic E-state index is 0.0385. The van der Waals surface area contributed by atoms with Gasteiger partial charge in [-0.15, -0.1) is 0 Å². The fraction of sp³-hybridized carbons (Fsp3) is 0.385. The molecule has 4 rings (SSSR count). The van der Waals surface area contributed by atoms with Crippen molar-refractivity contribution in [3.05, 3.63) is 69.1 Å². The molecule has 0 fully saturated rings. The molecule has 0 radical (unpaired) electrons. The molecule has 7 nitrogen and oxygen atoms in total.